The zero-order valence-electron chi connectivity index (χ0n) is 18.9. The van der Waals surface area contributed by atoms with Crippen LogP contribution in [0.1, 0.15) is 28.9 Å². The number of benzene rings is 2. The molecule has 0 aliphatic carbocycles. The Balaban J connectivity index is 1.48. The van der Waals surface area contributed by atoms with Crippen LogP contribution in [0.25, 0.3) is 11.3 Å². The standard InChI is InChI=1S/C24H20F4N4O3S/c1-31-13-22(30-14-31)36(33,34)32-11-19(15-4-8-18(25)9-5-15)20(12-32)23-29-10-21(35-23)16-2-6-17(7-3-16)24(26,27)28/h2-10,13-14,19-20H,11-12H2,1H3. The SMILES string of the molecule is Cn1cnc(S(=O)(=O)N2CC(c3ccc(F)cc3)C(c3ncc(-c4ccc(C(F)(F)F)cc4)o3)C2)c1. The van der Waals surface area contributed by atoms with Gasteiger partial charge in [0, 0.05) is 37.8 Å². The number of oxazole rings is 1. The number of sulfonamides is 1. The fourth-order valence-electron chi connectivity index (χ4n) is 4.33. The van der Waals surface area contributed by atoms with Crippen molar-refractivity contribution in [1.29, 1.82) is 0 Å². The Labute approximate surface area is 204 Å². The molecule has 0 radical (unpaired) electrons. The Morgan fingerprint density at radius 2 is 1.64 bits per heavy atom. The van der Waals surface area contributed by atoms with Crippen molar-refractivity contribution < 1.29 is 30.4 Å². The van der Waals surface area contributed by atoms with E-state index in [1.165, 1.54) is 51.9 Å². The molecular weight excluding hydrogens is 500 g/mol. The second-order valence-corrected chi connectivity index (χ2v) is 10.5. The van der Waals surface area contributed by atoms with Crippen LogP contribution in [0.5, 0.6) is 0 Å². The van der Waals surface area contributed by atoms with Crippen molar-refractivity contribution in [2.45, 2.75) is 23.0 Å². The summed E-state index contributed by atoms with van der Waals surface area (Å²) in [7, 11) is -2.26. The van der Waals surface area contributed by atoms with E-state index >= 15 is 0 Å². The Morgan fingerprint density at radius 3 is 2.25 bits per heavy atom. The third kappa shape index (κ3) is 4.53. The van der Waals surface area contributed by atoms with Gasteiger partial charge in [-0.3, -0.25) is 0 Å². The minimum Gasteiger partial charge on any atom is -0.440 e. The Bertz CT molecular complexity index is 1480. The van der Waals surface area contributed by atoms with Crippen LogP contribution in [0.2, 0.25) is 0 Å². The summed E-state index contributed by atoms with van der Waals surface area (Å²) in [6.45, 7) is 0.126. The maximum Gasteiger partial charge on any atom is 0.416 e. The zero-order valence-corrected chi connectivity index (χ0v) is 19.7. The van der Waals surface area contributed by atoms with Gasteiger partial charge in [0.15, 0.2) is 16.7 Å². The lowest BCUT2D eigenvalue weighted by atomic mass is 9.89. The smallest absolute Gasteiger partial charge is 0.416 e. The summed E-state index contributed by atoms with van der Waals surface area (Å²) in [6.07, 6.45) is -0.263. The molecule has 36 heavy (non-hydrogen) atoms. The molecule has 0 bridgehead atoms. The van der Waals surface area contributed by atoms with Crippen molar-refractivity contribution in [1.82, 2.24) is 18.8 Å². The highest BCUT2D eigenvalue weighted by Gasteiger charge is 2.43. The summed E-state index contributed by atoms with van der Waals surface area (Å²) in [6, 6.07) is 10.3. The first kappa shape index (κ1) is 24.2. The summed E-state index contributed by atoms with van der Waals surface area (Å²) in [5.74, 6) is -0.854. The molecule has 1 aliphatic rings. The predicted molar refractivity (Wildman–Crippen MR) is 121 cm³/mol. The largest absolute Gasteiger partial charge is 0.440 e. The van der Waals surface area contributed by atoms with E-state index in [4.69, 9.17) is 4.42 Å². The zero-order chi connectivity index (χ0) is 25.7. The fourth-order valence-corrected chi connectivity index (χ4v) is 5.79. The summed E-state index contributed by atoms with van der Waals surface area (Å²) in [4.78, 5) is 8.30. The van der Waals surface area contributed by atoms with E-state index in [-0.39, 0.29) is 29.8 Å². The summed E-state index contributed by atoms with van der Waals surface area (Å²) >= 11 is 0. The van der Waals surface area contributed by atoms with Crippen molar-refractivity contribution in [3.05, 3.63) is 90.1 Å². The lowest BCUT2D eigenvalue weighted by Crippen LogP contribution is -2.29. The van der Waals surface area contributed by atoms with Gasteiger partial charge in [-0.2, -0.15) is 17.5 Å². The van der Waals surface area contributed by atoms with Crippen molar-refractivity contribution in [2.24, 2.45) is 7.05 Å². The maximum absolute atomic E-state index is 13.6. The third-order valence-corrected chi connectivity index (χ3v) is 7.92. The van der Waals surface area contributed by atoms with Crippen LogP contribution < -0.4 is 0 Å². The average Bonchev–Trinajstić information content (AvgIpc) is 3.59. The molecule has 188 valence electrons. The fraction of sp³-hybridized carbons (Fsp3) is 0.250. The second kappa shape index (κ2) is 8.86. The molecule has 0 saturated carbocycles. The molecule has 3 heterocycles. The van der Waals surface area contributed by atoms with Crippen molar-refractivity contribution in [2.75, 3.05) is 13.1 Å². The Hall–Kier alpha value is -3.51. The normalized spacial score (nSPS) is 19.1. The number of aromatic nitrogens is 3. The highest BCUT2D eigenvalue weighted by molar-refractivity contribution is 7.89. The number of nitrogens with zero attached hydrogens (tertiary/aromatic N) is 4. The summed E-state index contributed by atoms with van der Waals surface area (Å²) in [5, 5.41) is -0.0960. The van der Waals surface area contributed by atoms with Gasteiger partial charge in [-0.05, 0) is 29.8 Å². The molecule has 7 nitrogen and oxygen atoms in total. The van der Waals surface area contributed by atoms with Crippen molar-refractivity contribution >= 4 is 10.0 Å². The van der Waals surface area contributed by atoms with Crippen LogP contribution >= 0.6 is 0 Å². The van der Waals surface area contributed by atoms with E-state index in [1.807, 2.05) is 0 Å². The first-order valence-corrected chi connectivity index (χ1v) is 12.3. The van der Waals surface area contributed by atoms with Crippen molar-refractivity contribution in [3.63, 3.8) is 0 Å². The summed E-state index contributed by atoms with van der Waals surface area (Å²) in [5.41, 5.74) is 0.318. The number of rotatable bonds is 5. The van der Waals surface area contributed by atoms with E-state index in [0.717, 1.165) is 12.1 Å². The molecule has 1 aliphatic heterocycles. The number of aryl methyl sites for hydroxylation is 1. The van der Waals surface area contributed by atoms with Gasteiger partial charge >= 0.3 is 6.18 Å². The van der Waals surface area contributed by atoms with Gasteiger partial charge in [-0.15, -0.1) is 0 Å². The lowest BCUT2D eigenvalue weighted by Gasteiger charge is -2.16. The molecule has 1 saturated heterocycles. The molecule has 5 rings (SSSR count). The van der Waals surface area contributed by atoms with E-state index in [2.05, 4.69) is 9.97 Å². The number of alkyl halides is 3. The number of hydrogen-bond donors (Lipinski definition) is 0. The molecule has 0 amide bonds. The highest BCUT2D eigenvalue weighted by atomic mass is 32.2. The van der Waals surface area contributed by atoms with Gasteiger partial charge in [0.1, 0.15) is 5.82 Å². The van der Waals surface area contributed by atoms with Gasteiger partial charge in [-0.25, -0.2) is 22.8 Å². The molecular formula is C24H20F4N4O3S. The number of hydrogen-bond acceptors (Lipinski definition) is 5. The average molecular weight is 521 g/mol. The highest BCUT2D eigenvalue weighted by Crippen LogP contribution is 2.42. The molecule has 2 unspecified atom stereocenters. The van der Waals surface area contributed by atoms with Crippen LogP contribution in [-0.4, -0.2) is 40.3 Å². The van der Waals surface area contributed by atoms with Crippen LogP contribution in [0.4, 0.5) is 17.6 Å². The second-order valence-electron chi connectivity index (χ2n) is 8.60. The minimum absolute atomic E-state index is 0.0356. The Kier molecular flexibility index (Phi) is 5.95. The molecule has 2 aromatic heterocycles. The molecule has 1 fully saturated rings. The lowest BCUT2D eigenvalue weighted by molar-refractivity contribution is -0.137. The molecule has 0 N–H and O–H groups in total. The third-order valence-electron chi connectivity index (χ3n) is 6.21. The molecule has 12 heteroatoms. The van der Waals surface area contributed by atoms with Gasteiger partial charge in [0.2, 0.25) is 0 Å². The molecule has 0 spiro atoms. The van der Waals surface area contributed by atoms with Gasteiger partial charge < -0.3 is 8.98 Å². The van der Waals surface area contributed by atoms with Crippen LogP contribution in [0.15, 0.2) is 76.7 Å². The quantitative estimate of drug-likeness (QED) is 0.353. The maximum atomic E-state index is 13.6. The van der Waals surface area contributed by atoms with Crippen LogP contribution in [0, 0.1) is 5.82 Å². The van der Waals surface area contributed by atoms with E-state index in [0.29, 0.717) is 11.1 Å². The van der Waals surface area contributed by atoms with E-state index < -0.39 is 39.4 Å². The Morgan fingerprint density at radius 1 is 0.972 bits per heavy atom. The van der Waals surface area contributed by atoms with Gasteiger partial charge in [0.25, 0.3) is 10.0 Å². The topological polar surface area (TPSA) is 81.2 Å². The van der Waals surface area contributed by atoms with E-state index in [1.54, 1.807) is 19.2 Å². The van der Waals surface area contributed by atoms with Crippen LogP contribution in [-0.2, 0) is 23.2 Å². The first-order chi connectivity index (χ1) is 17.0. The molecule has 4 aromatic rings. The number of imidazole rings is 1. The summed E-state index contributed by atoms with van der Waals surface area (Å²) < 4.78 is 87.5. The number of halogens is 4. The monoisotopic (exact) mass is 520 g/mol. The van der Waals surface area contributed by atoms with E-state index in [9.17, 15) is 26.0 Å². The van der Waals surface area contributed by atoms with Crippen molar-refractivity contribution in [3.8, 4) is 11.3 Å². The molecule has 2 atom stereocenters. The van der Waals surface area contributed by atoms with Gasteiger partial charge in [-0.1, -0.05) is 24.3 Å². The molecule has 2 aromatic carbocycles. The van der Waals surface area contributed by atoms with Crippen LogP contribution in [0.3, 0.4) is 0 Å². The van der Waals surface area contributed by atoms with Gasteiger partial charge in [0.05, 0.1) is 24.0 Å². The minimum atomic E-state index is -4.46. The predicted octanol–water partition coefficient (Wildman–Crippen LogP) is 4.80. The first-order valence-electron chi connectivity index (χ1n) is 10.9.